The second-order valence-corrected chi connectivity index (χ2v) is 4.86. The van der Waals surface area contributed by atoms with Gasteiger partial charge in [-0.25, -0.2) is 4.98 Å². The third-order valence-corrected chi connectivity index (χ3v) is 3.27. The number of aliphatic hydroxyl groups excluding tert-OH is 1. The van der Waals surface area contributed by atoms with Crippen LogP contribution in [0.4, 0.5) is 0 Å². The van der Waals surface area contributed by atoms with Gasteiger partial charge in [-0.15, -0.1) is 11.3 Å². The van der Waals surface area contributed by atoms with Crippen LogP contribution >= 0.6 is 11.3 Å². The van der Waals surface area contributed by atoms with E-state index in [0.29, 0.717) is 10.2 Å². The van der Waals surface area contributed by atoms with E-state index in [-0.39, 0.29) is 30.7 Å². The Morgan fingerprint density at radius 1 is 1.67 bits per heavy atom. The molecule has 0 fully saturated rings. The quantitative estimate of drug-likeness (QED) is 0.814. The van der Waals surface area contributed by atoms with E-state index < -0.39 is 0 Å². The van der Waals surface area contributed by atoms with Gasteiger partial charge in [0.2, 0.25) is 5.91 Å². The van der Waals surface area contributed by atoms with Crippen molar-refractivity contribution in [3.05, 3.63) is 28.1 Å². The average Bonchev–Trinajstić information content (AvgIpc) is 2.81. The first-order chi connectivity index (χ1) is 8.61. The van der Waals surface area contributed by atoms with E-state index in [1.165, 1.54) is 22.2 Å². The number of amides is 1. The predicted octanol–water partition coefficient (Wildman–Crippen LogP) is -0.0450. The average molecular weight is 267 g/mol. The van der Waals surface area contributed by atoms with Gasteiger partial charge in [0, 0.05) is 6.04 Å². The molecule has 2 heterocycles. The maximum Gasteiger partial charge on any atom is 0.262 e. The van der Waals surface area contributed by atoms with E-state index in [0.717, 1.165) is 0 Å². The number of thiophene rings is 1. The van der Waals surface area contributed by atoms with Gasteiger partial charge < -0.3 is 10.4 Å². The fourth-order valence-corrected chi connectivity index (χ4v) is 2.25. The van der Waals surface area contributed by atoms with E-state index >= 15 is 0 Å². The summed E-state index contributed by atoms with van der Waals surface area (Å²) in [7, 11) is 0. The van der Waals surface area contributed by atoms with Gasteiger partial charge in [-0.1, -0.05) is 0 Å². The molecule has 2 aromatic rings. The van der Waals surface area contributed by atoms with Crippen LogP contribution in [0.3, 0.4) is 0 Å². The molecule has 18 heavy (non-hydrogen) atoms. The molecule has 96 valence electrons. The second-order valence-electron chi connectivity index (χ2n) is 3.97. The molecule has 7 heteroatoms. The molecular weight excluding hydrogens is 254 g/mol. The van der Waals surface area contributed by atoms with Crippen LogP contribution in [0.2, 0.25) is 0 Å². The third kappa shape index (κ3) is 2.57. The van der Waals surface area contributed by atoms with E-state index in [4.69, 9.17) is 5.11 Å². The van der Waals surface area contributed by atoms with Gasteiger partial charge in [0.05, 0.1) is 18.3 Å². The van der Waals surface area contributed by atoms with Gasteiger partial charge in [0.15, 0.2) is 0 Å². The van der Waals surface area contributed by atoms with Gasteiger partial charge >= 0.3 is 0 Å². The van der Waals surface area contributed by atoms with Gasteiger partial charge in [0.25, 0.3) is 5.56 Å². The molecule has 2 N–H and O–H groups in total. The summed E-state index contributed by atoms with van der Waals surface area (Å²) in [4.78, 5) is 28.4. The minimum Gasteiger partial charge on any atom is -0.394 e. The molecule has 6 nitrogen and oxygen atoms in total. The first-order valence-corrected chi connectivity index (χ1v) is 6.32. The first kappa shape index (κ1) is 12.7. The molecule has 0 aromatic carbocycles. The third-order valence-electron chi connectivity index (χ3n) is 2.45. The number of carbonyl (C=O) groups is 1. The number of fused-ring (bicyclic) bond motifs is 1. The minimum atomic E-state index is -0.328. The minimum absolute atomic E-state index is 0.0953. The smallest absolute Gasteiger partial charge is 0.262 e. The Balaban J connectivity index is 2.19. The number of carbonyl (C=O) groups excluding carboxylic acids is 1. The Bertz CT molecular complexity index is 619. The maximum atomic E-state index is 12.0. The lowest BCUT2D eigenvalue weighted by Gasteiger charge is -2.11. The monoisotopic (exact) mass is 267 g/mol. The summed E-state index contributed by atoms with van der Waals surface area (Å²) >= 11 is 1.39. The Morgan fingerprint density at radius 3 is 3.17 bits per heavy atom. The van der Waals surface area contributed by atoms with Crippen LogP contribution in [0.1, 0.15) is 6.92 Å². The zero-order valence-electron chi connectivity index (χ0n) is 9.79. The predicted molar refractivity (Wildman–Crippen MR) is 68.6 cm³/mol. The lowest BCUT2D eigenvalue weighted by atomic mass is 10.3. The molecule has 0 bridgehead atoms. The van der Waals surface area contributed by atoms with Crippen LogP contribution in [0.25, 0.3) is 10.2 Å². The highest BCUT2D eigenvalue weighted by molar-refractivity contribution is 7.16. The van der Waals surface area contributed by atoms with Crippen LogP contribution in [-0.4, -0.2) is 33.2 Å². The highest BCUT2D eigenvalue weighted by Gasteiger charge is 2.10. The maximum absolute atomic E-state index is 12.0. The topological polar surface area (TPSA) is 84.2 Å². The Labute approximate surface area is 107 Å². The molecule has 0 saturated heterocycles. The highest BCUT2D eigenvalue weighted by atomic mass is 32.1. The van der Waals surface area contributed by atoms with E-state index in [1.807, 2.05) is 0 Å². The van der Waals surface area contributed by atoms with Gasteiger partial charge in [-0.3, -0.25) is 14.2 Å². The number of nitrogens with zero attached hydrogens (tertiary/aromatic N) is 2. The standard InChI is InChI=1S/C11H13N3O3S/c1-7(5-15)13-9(16)4-14-6-12-10-8(11(14)17)2-3-18-10/h2-3,6-7,15H,4-5H2,1H3,(H,13,16)/t7-/m0/s1. The lowest BCUT2D eigenvalue weighted by molar-refractivity contribution is -0.122. The van der Waals surface area contributed by atoms with Gasteiger partial charge in [-0.2, -0.15) is 0 Å². The van der Waals surface area contributed by atoms with Crippen LogP contribution < -0.4 is 10.9 Å². The van der Waals surface area contributed by atoms with Gasteiger partial charge in [-0.05, 0) is 18.4 Å². The molecule has 0 radical (unpaired) electrons. The molecule has 0 spiro atoms. The molecule has 2 aromatic heterocycles. The number of rotatable bonds is 4. The summed E-state index contributed by atoms with van der Waals surface area (Å²) in [5, 5.41) is 13.7. The van der Waals surface area contributed by atoms with Crippen LogP contribution in [0.5, 0.6) is 0 Å². The van der Waals surface area contributed by atoms with Crippen LogP contribution in [0, 0.1) is 0 Å². The summed E-state index contributed by atoms with van der Waals surface area (Å²) in [5.74, 6) is -0.324. The van der Waals surface area contributed by atoms with E-state index in [1.54, 1.807) is 18.4 Å². The van der Waals surface area contributed by atoms with Crippen molar-refractivity contribution in [2.75, 3.05) is 6.61 Å². The van der Waals surface area contributed by atoms with Gasteiger partial charge in [0.1, 0.15) is 11.4 Å². The summed E-state index contributed by atoms with van der Waals surface area (Å²) in [5.41, 5.74) is -0.229. The normalized spacial score (nSPS) is 12.6. The van der Waals surface area contributed by atoms with Crippen molar-refractivity contribution in [2.24, 2.45) is 0 Å². The fraction of sp³-hybridized carbons (Fsp3) is 0.364. The molecular formula is C11H13N3O3S. The summed E-state index contributed by atoms with van der Waals surface area (Å²) in [6.45, 7) is 1.45. The molecule has 1 atom stereocenters. The van der Waals surface area contributed by atoms with Crippen molar-refractivity contribution in [2.45, 2.75) is 19.5 Å². The Kier molecular flexibility index (Phi) is 3.73. The van der Waals surface area contributed by atoms with Crippen molar-refractivity contribution < 1.29 is 9.90 Å². The molecule has 2 rings (SSSR count). The van der Waals surface area contributed by atoms with E-state index in [2.05, 4.69) is 10.3 Å². The SMILES string of the molecule is C[C@@H](CO)NC(=O)Cn1cnc2sccc2c1=O. The zero-order chi connectivity index (χ0) is 13.1. The molecule has 1 amide bonds. The largest absolute Gasteiger partial charge is 0.394 e. The van der Waals surface area contributed by atoms with Crippen molar-refractivity contribution in [3.63, 3.8) is 0 Å². The lowest BCUT2D eigenvalue weighted by Crippen LogP contribution is -2.39. The summed E-state index contributed by atoms with van der Waals surface area (Å²) in [6.07, 6.45) is 1.37. The molecule has 0 unspecified atom stereocenters. The molecule has 0 aliphatic rings. The highest BCUT2D eigenvalue weighted by Crippen LogP contribution is 2.12. The Hall–Kier alpha value is -1.73. The first-order valence-electron chi connectivity index (χ1n) is 5.44. The molecule has 0 aliphatic heterocycles. The van der Waals surface area contributed by atoms with Crippen molar-refractivity contribution in [1.29, 1.82) is 0 Å². The molecule has 0 saturated carbocycles. The zero-order valence-corrected chi connectivity index (χ0v) is 10.6. The van der Waals surface area contributed by atoms with Crippen LogP contribution in [-0.2, 0) is 11.3 Å². The number of nitrogens with one attached hydrogen (secondary N) is 1. The Morgan fingerprint density at radius 2 is 2.44 bits per heavy atom. The number of aliphatic hydroxyl groups is 1. The summed E-state index contributed by atoms with van der Waals surface area (Å²) < 4.78 is 1.26. The van der Waals surface area contributed by atoms with Crippen molar-refractivity contribution in [1.82, 2.24) is 14.9 Å². The van der Waals surface area contributed by atoms with E-state index in [9.17, 15) is 9.59 Å². The van der Waals surface area contributed by atoms with Crippen molar-refractivity contribution in [3.8, 4) is 0 Å². The summed E-state index contributed by atoms with van der Waals surface area (Å²) in [6, 6.07) is 1.37. The number of hydrogen-bond donors (Lipinski definition) is 2. The second kappa shape index (κ2) is 5.28. The van der Waals surface area contributed by atoms with Crippen molar-refractivity contribution >= 4 is 27.5 Å². The number of aromatic nitrogens is 2. The van der Waals surface area contributed by atoms with Crippen LogP contribution in [0.15, 0.2) is 22.6 Å². The molecule has 0 aliphatic carbocycles. The fourth-order valence-electron chi connectivity index (χ4n) is 1.53. The number of hydrogen-bond acceptors (Lipinski definition) is 5.